The van der Waals surface area contributed by atoms with Gasteiger partial charge in [0.25, 0.3) is 0 Å². The minimum Gasteiger partial charge on any atom is -0.396 e. The quantitative estimate of drug-likeness (QED) is 0.299. The number of sulfonamides is 1. The largest absolute Gasteiger partial charge is 0.396 e. The van der Waals surface area contributed by atoms with E-state index in [1.54, 1.807) is 60.7 Å². The van der Waals surface area contributed by atoms with Gasteiger partial charge in [-0.3, -0.25) is 9.59 Å². The van der Waals surface area contributed by atoms with Crippen LogP contribution in [-0.2, 0) is 32.6 Å². The zero-order valence-corrected chi connectivity index (χ0v) is 23.7. The molecular formula is C31H36FN3O5S. The van der Waals surface area contributed by atoms with Gasteiger partial charge in [0.05, 0.1) is 4.90 Å². The van der Waals surface area contributed by atoms with E-state index in [0.29, 0.717) is 37.1 Å². The summed E-state index contributed by atoms with van der Waals surface area (Å²) in [6.45, 7) is 1.31. The van der Waals surface area contributed by atoms with Gasteiger partial charge in [0.1, 0.15) is 11.9 Å². The number of hydrogen-bond donors (Lipinski definition) is 2. The van der Waals surface area contributed by atoms with Crippen molar-refractivity contribution in [3.63, 3.8) is 0 Å². The Hall–Kier alpha value is -3.60. The molecule has 1 aliphatic heterocycles. The van der Waals surface area contributed by atoms with Crippen LogP contribution in [0.3, 0.4) is 0 Å². The van der Waals surface area contributed by atoms with Crippen molar-refractivity contribution in [2.24, 2.45) is 0 Å². The van der Waals surface area contributed by atoms with Crippen molar-refractivity contribution in [1.29, 1.82) is 0 Å². The smallest absolute Gasteiger partial charge is 0.247 e. The van der Waals surface area contributed by atoms with Crippen LogP contribution in [0.4, 0.5) is 4.39 Å². The molecule has 0 saturated carbocycles. The lowest BCUT2D eigenvalue weighted by molar-refractivity contribution is -0.141. The zero-order chi connectivity index (χ0) is 29.2. The lowest BCUT2D eigenvalue weighted by atomic mass is 10.0. The van der Waals surface area contributed by atoms with E-state index < -0.39 is 21.9 Å². The number of nitrogens with one attached hydrogen (secondary N) is 1. The van der Waals surface area contributed by atoms with Crippen molar-refractivity contribution in [2.75, 3.05) is 26.2 Å². The van der Waals surface area contributed by atoms with Crippen molar-refractivity contribution in [2.45, 2.75) is 49.6 Å². The Bertz CT molecular complexity index is 1390. The van der Waals surface area contributed by atoms with Gasteiger partial charge in [-0.1, -0.05) is 54.6 Å². The van der Waals surface area contributed by atoms with Crippen molar-refractivity contribution >= 4 is 21.8 Å². The normalized spacial score (nSPS) is 14.5. The van der Waals surface area contributed by atoms with Gasteiger partial charge in [-0.15, -0.1) is 0 Å². The predicted octanol–water partition coefficient (Wildman–Crippen LogP) is 3.81. The molecule has 1 heterocycles. The Morgan fingerprint density at radius 2 is 1.56 bits per heavy atom. The number of aliphatic hydroxyl groups excluding tert-OH is 1. The molecule has 3 aromatic carbocycles. The third kappa shape index (κ3) is 8.00. The molecule has 0 radical (unpaired) electrons. The molecule has 2 amide bonds. The van der Waals surface area contributed by atoms with Crippen LogP contribution in [0.25, 0.3) is 0 Å². The molecule has 1 fully saturated rings. The van der Waals surface area contributed by atoms with Crippen LogP contribution in [0, 0.1) is 5.82 Å². The summed E-state index contributed by atoms with van der Waals surface area (Å²) < 4.78 is 40.8. The highest BCUT2D eigenvalue weighted by Gasteiger charge is 2.31. The van der Waals surface area contributed by atoms with E-state index in [4.69, 9.17) is 5.11 Å². The number of hydrogen-bond acceptors (Lipinski definition) is 5. The molecule has 0 spiro atoms. The van der Waals surface area contributed by atoms with Crippen LogP contribution in [0.1, 0.15) is 48.4 Å². The van der Waals surface area contributed by atoms with Crippen LogP contribution in [0.5, 0.6) is 0 Å². The fourth-order valence-corrected chi connectivity index (χ4v) is 6.42. The monoisotopic (exact) mass is 581 g/mol. The molecule has 2 N–H and O–H groups in total. The lowest BCUT2D eigenvalue weighted by Crippen LogP contribution is -2.43. The van der Waals surface area contributed by atoms with Gasteiger partial charge in [-0.05, 0) is 66.6 Å². The molecule has 218 valence electrons. The number of nitrogens with zero attached hydrogens (tertiary/aromatic N) is 2. The molecule has 1 aliphatic rings. The topological polar surface area (TPSA) is 107 Å². The van der Waals surface area contributed by atoms with Gasteiger partial charge in [-0.2, -0.15) is 4.31 Å². The molecule has 10 heteroatoms. The number of amides is 2. The van der Waals surface area contributed by atoms with Crippen molar-refractivity contribution < 1.29 is 27.5 Å². The number of carbonyl (C=O) groups excluding carboxylic acids is 2. The Kier molecular flexibility index (Phi) is 10.6. The molecule has 0 aliphatic carbocycles. The molecular weight excluding hydrogens is 545 g/mol. The summed E-state index contributed by atoms with van der Waals surface area (Å²) in [5.74, 6) is -1.06. The van der Waals surface area contributed by atoms with Gasteiger partial charge >= 0.3 is 0 Å². The molecule has 1 unspecified atom stereocenters. The molecule has 1 saturated heterocycles. The minimum absolute atomic E-state index is 0.0761. The number of aryl methyl sites for hydroxylation is 1. The van der Waals surface area contributed by atoms with Crippen molar-refractivity contribution in [3.05, 3.63) is 101 Å². The average Bonchev–Trinajstić information content (AvgIpc) is 3.54. The molecule has 0 aromatic heterocycles. The standard InChI is InChI=1S/C31H36FN3O5S/c32-27-14-9-25(10-15-27)23-35(30(26-7-2-1-3-8-26)31(38)33-19-6-22-36)29(37)18-13-24-11-16-28(17-12-24)41(39,40)34-20-4-5-21-34/h1-3,7-12,14-17,30,36H,4-6,13,18-23H2,(H,33,38). The SMILES string of the molecule is O=C(NCCCO)C(c1ccccc1)N(Cc1ccc(F)cc1)C(=O)CCc1ccc(S(=O)(=O)N2CCCC2)cc1. The Labute approximate surface area is 240 Å². The third-order valence-electron chi connectivity index (χ3n) is 7.15. The fraction of sp³-hybridized carbons (Fsp3) is 0.355. The summed E-state index contributed by atoms with van der Waals surface area (Å²) in [5.41, 5.74) is 2.09. The summed E-state index contributed by atoms with van der Waals surface area (Å²) >= 11 is 0. The average molecular weight is 582 g/mol. The minimum atomic E-state index is -3.53. The molecule has 4 rings (SSSR count). The maximum Gasteiger partial charge on any atom is 0.247 e. The second-order valence-electron chi connectivity index (χ2n) is 10.1. The first-order valence-electron chi connectivity index (χ1n) is 13.9. The number of benzene rings is 3. The fourth-order valence-electron chi connectivity index (χ4n) is 4.91. The summed E-state index contributed by atoms with van der Waals surface area (Å²) in [6, 6.07) is 20.4. The number of rotatable bonds is 13. The molecule has 41 heavy (non-hydrogen) atoms. The van der Waals surface area contributed by atoms with E-state index in [1.807, 2.05) is 6.07 Å². The molecule has 8 nitrogen and oxygen atoms in total. The number of aliphatic hydroxyl groups is 1. The Balaban J connectivity index is 1.55. The lowest BCUT2D eigenvalue weighted by Gasteiger charge is -2.32. The maximum atomic E-state index is 13.8. The molecule has 3 aromatic rings. The van der Waals surface area contributed by atoms with Crippen LogP contribution in [0.2, 0.25) is 0 Å². The Morgan fingerprint density at radius 3 is 2.20 bits per heavy atom. The predicted molar refractivity (Wildman–Crippen MR) is 154 cm³/mol. The van der Waals surface area contributed by atoms with Gasteiger partial charge < -0.3 is 15.3 Å². The van der Waals surface area contributed by atoms with E-state index in [9.17, 15) is 22.4 Å². The highest BCUT2D eigenvalue weighted by Crippen LogP contribution is 2.26. The van der Waals surface area contributed by atoms with E-state index >= 15 is 0 Å². The van der Waals surface area contributed by atoms with E-state index in [-0.39, 0.29) is 42.8 Å². The summed E-state index contributed by atoms with van der Waals surface area (Å²) in [4.78, 5) is 28.9. The van der Waals surface area contributed by atoms with E-state index in [1.165, 1.54) is 21.3 Å². The van der Waals surface area contributed by atoms with E-state index in [2.05, 4.69) is 5.32 Å². The highest BCUT2D eigenvalue weighted by molar-refractivity contribution is 7.89. The van der Waals surface area contributed by atoms with Gasteiger partial charge in [0, 0.05) is 39.2 Å². The molecule has 1 atom stereocenters. The van der Waals surface area contributed by atoms with Gasteiger partial charge in [0.15, 0.2) is 0 Å². The summed E-state index contributed by atoms with van der Waals surface area (Å²) in [5, 5.41) is 12.0. The van der Waals surface area contributed by atoms with Crippen LogP contribution in [0.15, 0.2) is 83.8 Å². The number of carbonyl (C=O) groups is 2. The van der Waals surface area contributed by atoms with Crippen molar-refractivity contribution in [1.82, 2.24) is 14.5 Å². The van der Waals surface area contributed by atoms with Gasteiger partial charge in [0.2, 0.25) is 21.8 Å². The first-order chi connectivity index (χ1) is 19.8. The van der Waals surface area contributed by atoms with E-state index in [0.717, 1.165) is 18.4 Å². The number of halogens is 1. The second-order valence-corrected chi connectivity index (χ2v) is 12.0. The van der Waals surface area contributed by atoms with Gasteiger partial charge in [-0.25, -0.2) is 12.8 Å². The Morgan fingerprint density at radius 1 is 0.927 bits per heavy atom. The van der Waals surface area contributed by atoms with Crippen LogP contribution < -0.4 is 5.32 Å². The summed E-state index contributed by atoms with van der Waals surface area (Å²) in [7, 11) is -3.53. The first-order valence-corrected chi connectivity index (χ1v) is 15.3. The molecule has 0 bridgehead atoms. The first kappa shape index (κ1) is 30.4. The summed E-state index contributed by atoms with van der Waals surface area (Å²) in [6.07, 6.45) is 2.51. The van der Waals surface area contributed by atoms with Crippen LogP contribution in [-0.4, -0.2) is 60.8 Å². The second kappa shape index (κ2) is 14.3. The van der Waals surface area contributed by atoms with Crippen LogP contribution >= 0.6 is 0 Å². The highest BCUT2D eigenvalue weighted by atomic mass is 32.2. The van der Waals surface area contributed by atoms with Crippen molar-refractivity contribution in [3.8, 4) is 0 Å². The third-order valence-corrected chi connectivity index (χ3v) is 9.06. The zero-order valence-electron chi connectivity index (χ0n) is 22.9. The maximum absolute atomic E-state index is 13.8.